The predicted octanol–water partition coefficient (Wildman–Crippen LogP) is -0.267. The highest BCUT2D eigenvalue weighted by molar-refractivity contribution is 5.98. The normalized spacial score (nSPS) is 17.0. The molecule has 0 saturated carbocycles. The first kappa shape index (κ1) is 85.2. The van der Waals surface area contributed by atoms with Crippen molar-refractivity contribution >= 4 is 116 Å². The van der Waals surface area contributed by atoms with Crippen LogP contribution in [0.3, 0.4) is 0 Å². The summed E-state index contributed by atoms with van der Waals surface area (Å²) >= 11 is 0. The van der Waals surface area contributed by atoms with Crippen molar-refractivity contribution in [2.75, 3.05) is 157 Å². The first-order chi connectivity index (χ1) is 51.3. The summed E-state index contributed by atoms with van der Waals surface area (Å²) in [4.78, 5) is 183. The number of nitrogens with one attached hydrogen (secondary N) is 8. The Kier molecular flexibility index (Phi) is 32.1. The first-order valence-corrected chi connectivity index (χ1v) is 36.3. The number of aryl methyl sites for hydroxylation is 4. The number of fused-ring (bicyclic) bond motifs is 8. The van der Waals surface area contributed by atoms with Crippen LogP contribution >= 0.6 is 0 Å². The SMILES string of the molecule is CCc1c(C)c2cc3[nH]c(cc4nc(cc5nc(cc1[nH]2)C(C)=C5CCC(=O)NNC(=O)CNC(=O)C(C)N1CCN(CC(=O)O)CCN(CC(=O)O)CCN(CC(=O)O)CC1)C(CCC(=O)NNC(=O)CNC(=O)C(C)N1CCN(CC(=O)O)CCN(CC(=O)O)CCN(CC(=O)O)CC1)=C4C)c(C)c3CC. The molecule has 14 N–H and O–H groups in total. The molecule has 36 nitrogen and oxygen atoms in total. The standard InChI is InChI=1S/C72H104N18O18/c1-9-49-43(3)53-31-54-45(5)51(11-13-61(91)79-81-63(93)35-73-71(107)47(7)89-27-23-85(39-67(99)100)19-15-83(37-65(95)96)16-20-86(24-28-89)40-68(101)102)59(77-54)34-60-52(46(6)56(78-60)33-58-50(10-2)44(4)55(76-58)32-57(49)75-53)12-14-62(92)80-82-64(94)36-74-72(108)48(8)90-29-25-87(41-69(103)104)21-17-84(38-66(97)98)18-22-88(26-30-90)42-70(105)106/h31-34,47-48,75-76H,9-30,35-42H2,1-8H3,(H,73,107)(H,74,108)(H,79,91)(H,80,92)(H,81,93)(H,82,94)(H,95,96)(H,97,98)(H,99,100)(H,101,102)(H,103,104)(H,105,106). The third kappa shape index (κ3) is 25.5. The third-order valence-electron chi connectivity index (χ3n) is 20.0. The third-order valence-corrected chi connectivity index (χ3v) is 20.0. The van der Waals surface area contributed by atoms with Crippen LogP contribution < -0.4 is 32.3 Å². The van der Waals surface area contributed by atoms with Crippen LogP contribution in [0.4, 0.5) is 0 Å². The van der Waals surface area contributed by atoms with Crippen LogP contribution in [0.25, 0.3) is 44.4 Å². The lowest BCUT2D eigenvalue weighted by molar-refractivity contribution is -0.141. The fraction of sp³-hybridized carbons (Fsp3) is 0.556. The maximum Gasteiger partial charge on any atom is 0.317 e. The quantitative estimate of drug-likeness (QED) is 0.0416. The summed E-state index contributed by atoms with van der Waals surface area (Å²) in [6.45, 7) is 14.9. The second-order valence-corrected chi connectivity index (χ2v) is 27.4. The molecule has 0 aromatic carbocycles. The van der Waals surface area contributed by atoms with Crippen LogP contribution in [0.2, 0.25) is 0 Å². The highest BCUT2D eigenvalue weighted by Crippen LogP contribution is 2.38. The summed E-state index contributed by atoms with van der Waals surface area (Å²) in [5.74, 6) is -10.4. The van der Waals surface area contributed by atoms with Crippen molar-refractivity contribution in [3.63, 3.8) is 0 Å². The van der Waals surface area contributed by atoms with Crippen molar-refractivity contribution in [3.05, 3.63) is 69.3 Å². The first-order valence-electron chi connectivity index (χ1n) is 36.3. The fourth-order valence-electron chi connectivity index (χ4n) is 13.7. The van der Waals surface area contributed by atoms with Crippen molar-refractivity contribution in [2.45, 2.75) is 106 Å². The number of carboxylic acid groups (broad SMARTS) is 6. The molecular weight excluding hydrogens is 1400 g/mol. The van der Waals surface area contributed by atoms with Gasteiger partial charge in [-0.1, -0.05) is 13.8 Å². The lowest BCUT2D eigenvalue weighted by Gasteiger charge is -2.35. The minimum absolute atomic E-state index is 0.123. The molecule has 2 saturated heterocycles. The molecule has 36 heteroatoms. The second kappa shape index (κ2) is 40.8. The Labute approximate surface area is 625 Å². The average Bonchev–Trinajstić information content (AvgIpc) is 1.62. The van der Waals surface area contributed by atoms with Crippen molar-refractivity contribution in [1.29, 1.82) is 0 Å². The molecule has 2 unspecified atom stereocenters. The van der Waals surface area contributed by atoms with E-state index in [0.717, 1.165) is 61.9 Å². The molecule has 108 heavy (non-hydrogen) atoms. The van der Waals surface area contributed by atoms with Gasteiger partial charge in [-0.3, -0.25) is 118 Å². The van der Waals surface area contributed by atoms with Gasteiger partial charge in [0.05, 0.1) is 87.2 Å². The molecule has 3 aromatic heterocycles. The fourth-order valence-corrected chi connectivity index (χ4v) is 13.7. The number of carboxylic acids is 6. The Morgan fingerprint density at radius 3 is 0.944 bits per heavy atom. The van der Waals surface area contributed by atoms with Crippen molar-refractivity contribution in [2.24, 2.45) is 0 Å². The number of allylic oxidation sites excluding steroid dienone is 4. The molecule has 8 bridgehead atoms. The Morgan fingerprint density at radius 1 is 0.380 bits per heavy atom. The Balaban J connectivity index is 1.04. The maximum absolute atomic E-state index is 13.7. The molecule has 0 radical (unpaired) electrons. The number of hydrogen-bond donors (Lipinski definition) is 14. The van der Waals surface area contributed by atoms with E-state index in [1.165, 1.54) is 0 Å². The molecule has 590 valence electrons. The van der Waals surface area contributed by atoms with E-state index in [1.54, 1.807) is 53.0 Å². The Bertz CT molecular complexity index is 4010. The number of carbonyl (C=O) groups excluding carboxylic acids is 6. The molecule has 7 heterocycles. The number of nitrogens with zero attached hydrogens (tertiary/aromatic N) is 10. The molecular formula is C72H104N18O18. The second-order valence-electron chi connectivity index (χ2n) is 27.4. The average molecular weight is 1510 g/mol. The maximum atomic E-state index is 13.7. The van der Waals surface area contributed by atoms with Gasteiger partial charge >= 0.3 is 35.8 Å². The topological polar surface area (TPSA) is 482 Å². The Hall–Kier alpha value is -10.1. The summed E-state index contributed by atoms with van der Waals surface area (Å²) in [7, 11) is 0. The van der Waals surface area contributed by atoms with Gasteiger partial charge in [-0.05, 0) is 136 Å². The Morgan fingerprint density at radius 2 is 0.648 bits per heavy atom. The number of amides is 6. The summed E-state index contributed by atoms with van der Waals surface area (Å²) in [6, 6.07) is 6.06. The van der Waals surface area contributed by atoms with Crippen molar-refractivity contribution < 1.29 is 88.2 Å². The molecule has 6 amide bonds. The highest BCUT2D eigenvalue weighted by Gasteiger charge is 2.30. The molecule has 4 aliphatic heterocycles. The van der Waals surface area contributed by atoms with Gasteiger partial charge in [-0.15, -0.1) is 0 Å². The van der Waals surface area contributed by atoms with Gasteiger partial charge in [0, 0.05) is 140 Å². The van der Waals surface area contributed by atoms with E-state index in [1.807, 2.05) is 39.0 Å². The number of hydrogen-bond acceptors (Lipinski definition) is 22. The van der Waals surface area contributed by atoms with Crippen molar-refractivity contribution in [3.8, 4) is 0 Å². The number of hydrazine groups is 2. The number of aromatic nitrogens is 4. The van der Waals surface area contributed by atoms with E-state index >= 15 is 0 Å². The van der Waals surface area contributed by atoms with Gasteiger partial charge in [0.2, 0.25) is 23.6 Å². The lowest BCUT2D eigenvalue weighted by Crippen LogP contribution is -2.54. The minimum atomic E-state index is -1.10. The molecule has 2 fully saturated rings. The summed E-state index contributed by atoms with van der Waals surface area (Å²) in [5.41, 5.74) is 22.5. The number of aliphatic carboxylic acids is 6. The van der Waals surface area contributed by atoms with Gasteiger partial charge in [0.15, 0.2) is 0 Å². The van der Waals surface area contributed by atoms with Gasteiger partial charge in [0.25, 0.3) is 11.8 Å². The summed E-state index contributed by atoms with van der Waals surface area (Å²) < 4.78 is 0. The molecule has 0 aliphatic carbocycles. The zero-order chi connectivity index (χ0) is 79.1. The van der Waals surface area contributed by atoms with Crippen LogP contribution in [0.15, 0.2) is 24.3 Å². The van der Waals surface area contributed by atoms with E-state index in [4.69, 9.17) is 9.97 Å². The monoisotopic (exact) mass is 1510 g/mol. The lowest BCUT2D eigenvalue weighted by atomic mass is 9.98. The van der Waals surface area contributed by atoms with Crippen LogP contribution in [-0.2, 0) is 70.4 Å². The number of carbonyl (C=O) groups is 12. The largest absolute Gasteiger partial charge is 0.480 e. The van der Waals surface area contributed by atoms with E-state index < -0.39 is 96.4 Å². The molecule has 2 atom stereocenters. The molecule has 4 aliphatic rings. The van der Waals surface area contributed by atoms with Crippen LogP contribution in [0.1, 0.15) is 112 Å². The van der Waals surface area contributed by atoms with E-state index in [9.17, 15) is 88.2 Å². The number of H-pyrrole nitrogens is 2. The van der Waals surface area contributed by atoms with Crippen LogP contribution in [0.5, 0.6) is 0 Å². The van der Waals surface area contributed by atoms with Gasteiger partial charge in [-0.2, -0.15) is 0 Å². The van der Waals surface area contributed by atoms with Crippen molar-refractivity contribution in [1.82, 2.24) is 91.5 Å². The van der Waals surface area contributed by atoms with Gasteiger partial charge in [0.1, 0.15) is 0 Å². The summed E-state index contributed by atoms with van der Waals surface area (Å²) in [6.07, 6.45) is 1.38. The van der Waals surface area contributed by atoms with Crippen LogP contribution in [0, 0.1) is 13.8 Å². The zero-order valence-electron chi connectivity index (χ0n) is 62.7. The van der Waals surface area contributed by atoms with Crippen LogP contribution in [-0.4, -0.2) is 330 Å². The van der Waals surface area contributed by atoms with Gasteiger partial charge in [-0.25, -0.2) is 9.97 Å². The smallest absolute Gasteiger partial charge is 0.317 e. The van der Waals surface area contributed by atoms with E-state index in [0.29, 0.717) is 40.3 Å². The molecule has 7 rings (SSSR count). The number of rotatable bonds is 28. The van der Waals surface area contributed by atoms with E-state index in [2.05, 4.69) is 69.1 Å². The van der Waals surface area contributed by atoms with E-state index in [-0.39, 0.29) is 170 Å². The molecule has 0 spiro atoms. The number of aromatic amines is 2. The molecule has 3 aromatic rings. The summed E-state index contributed by atoms with van der Waals surface area (Å²) in [5, 5.41) is 62.9. The van der Waals surface area contributed by atoms with Gasteiger partial charge < -0.3 is 51.2 Å². The minimum Gasteiger partial charge on any atom is -0.480 e. The highest BCUT2D eigenvalue weighted by atomic mass is 16.4. The zero-order valence-corrected chi connectivity index (χ0v) is 62.7. The predicted molar refractivity (Wildman–Crippen MR) is 398 cm³/mol.